The summed E-state index contributed by atoms with van der Waals surface area (Å²) in [4.78, 5) is 19.9. The number of carbonyl (C=O) groups excluding carboxylic acids is 1. The van der Waals surface area contributed by atoms with Gasteiger partial charge < -0.3 is 18.8 Å². The highest BCUT2D eigenvalue weighted by Crippen LogP contribution is 2.33. The third-order valence-electron chi connectivity index (χ3n) is 6.35. The van der Waals surface area contributed by atoms with E-state index >= 15 is 0 Å². The van der Waals surface area contributed by atoms with Crippen molar-refractivity contribution in [3.05, 3.63) is 83.7 Å². The Morgan fingerprint density at radius 1 is 1.11 bits per heavy atom. The summed E-state index contributed by atoms with van der Waals surface area (Å²) in [7, 11) is 3.28. The van der Waals surface area contributed by atoms with Crippen LogP contribution in [0, 0.1) is 0 Å². The summed E-state index contributed by atoms with van der Waals surface area (Å²) in [5, 5.41) is 7.28. The number of aromatic nitrogens is 3. The molecule has 3 heterocycles. The summed E-state index contributed by atoms with van der Waals surface area (Å²) >= 11 is 0. The second-order valence-electron chi connectivity index (χ2n) is 8.56. The van der Waals surface area contributed by atoms with Crippen molar-refractivity contribution in [2.75, 3.05) is 20.8 Å². The molecule has 0 unspecified atom stereocenters. The van der Waals surface area contributed by atoms with Gasteiger partial charge in [-0.1, -0.05) is 30.3 Å². The van der Waals surface area contributed by atoms with E-state index in [9.17, 15) is 4.79 Å². The van der Waals surface area contributed by atoms with E-state index < -0.39 is 0 Å². The molecule has 1 saturated heterocycles. The van der Waals surface area contributed by atoms with Crippen LogP contribution in [0.15, 0.2) is 65.2 Å². The molecule has 8 heteroatoms. The van der Waals surface area contributed by atoms with Gasteiger partial charge in [-0.2, -0.15) is 5.10 Å². The van der Waals surface area contributed by atoms with Crippen molar-refractivity contribution in [3.8, 4) is 22.8 Å². The van der Waals surface area contributed by atoms with Crippen LogP contribution >= 0.6 is 0 Å². The lowest BCUT2D eigenvalue weighted by Crippen LogP contribution is -2.38. The maximum Gasteiger partial charge on any atom is 0.272 e. The number of hydrogen-bond donors (Lipinski definition) is 1. The van der Waals surface area contributed by atoms with Gasteiger partial charge in [0.15, 0.2) is 0 Å². The van der Waals surface area contributed by atoms with Gasteiger partial charge in [-0.25, -0.2) is 4.98 Å². The number of methoxy groups -OCH3 is 2. The Bertz CT molecular complexity index is 1310. The predicted octanol–water partition coefficient (Wildman–Crippen LogP) is 5.04. The van der Waals surface area contributed by atoms with Crippen molar-refractivity contribution < 1.29 is 18.7 Å². The Labute approximate surface area is 203 Å². The van der Waals surface area contributed by atoms with Crippen molar-refractivity contribution >= 4 is 5.91 Å². The van der Waals surface area contributed by atoms with E-state index in [-0.39, 0.29) is 11.9 Å². The molecule has 4 aromatic rings. The number of ether oxygens (including phenoxy) is 2. The second kappa shape index (κ2) is 10.0. The number of carbonyl (C=O) groups is 1. The largest absolute Gasteiger partial charge is 0.497 e. The molecule has 2 aromatic heterocycles. The molecule has 2 aromatic carbocycles. The number of nitrogens with one attached hydrogen (secondary N) is 1. The number of likely N-dealkylation sites (tertiary alicyclic amines) is 1. The number of oxazole rings is 1. The molecule has 0 aliphatic carbocycles. The lowest BCUT2D eigenvalue weighted by atomic mass is 10.0. The molecule has 1 fully saturated rings. The van der Waals surface area contributed by atoms with E-state index in [0.717, 1.165) is 47.6 Å². The molecule has 1 atom stereocenters. The zero-order chi connectivity index (χ0) is 24.2. The van der Waals surface area contributed by atoms with Crippen LogP contribution in [-0.4, -0.2) is 46.8 Å². The monoisotopic (exact) mass is 472 g/mol. The molecular formula is C27H28N4O4. The van der Waals surface area contributed by atoms with Gasteiger partial charge in [0.1, 0.15) is 29.0 Å². The summed E-state index contributed by atoms with van der Waals surface area (Å²) in [6, 6.07) is 17.0. The number of rotatable bonds is 7. The number of amides is 1. The lowest BCUT2D eigenvalue weighted by Gasteiger charge is -2.33. The Kier molecular flexibility index (Phi) is 6.52. The van der Waals surface area contributed by atoms with E-state index in [4.69, 9.17) is 13.9 Å². The molecule has 1 aliphatic rings. The van der Waals surface area contributed by atoms with Gasteiger partial charge in [-0.15, -0.1) is 0 Å². The molecule has 0 radical (unpaired) electrons. The lowest BCUT2D eigenvalue weighted by molar-refractivity contribution is 0.0564. The molecule has 5 rings (SSSR count). The fourth-order valence-electron chi connectivity index (χ4n) is 4.54. The zero-order valence-corrected chi connectivity index (χ0v) is 19.9. The van der Waals surface area contributed by atoms with Crippen LogP contribution in [0.2, 0.25) is 0 Å². The summed E-state index contributed by atoms with van der Waals surface area (Å²) < 4.78 is 16.9. The first kappa shape index (κ1) is 22.7. The Morgan fingerprint density at radius 2 is 2.00 bits per heavy atom. The first-order valence-corrected chi connectivity index (χ1v) is 11.7. The van der Waals surface area contributed by atoms with Gasteiger partial charge in [-0.3, -0.25) is 9.89 Å². The number of aromatic amines is 1. The number of nitrogens with zero attached hydrogens (tertiary/aromatic N) is 3. The van der Waals surface area contributed by atoms with Gasteiger partial charge in [-0.05, 0) is 43.5 Å². The highest BCUT2D eigenvalue weighted by atomic mass is 16.5. The predicted molar refractivity (Wildman–Crippen MR) is 131 cm³/mol. The van der Waals surface area contributed by atoms with Gasteiger partial charge in [0, 0.05) is 24.1 Å². The van der Waals surface area contributed by atoms with Crippen molar-refractivity contribution in [3.63, 3.8) is 0 Å². The van der Waals surface area contributed by atoms with Crippen molar-refractivity contribution in [1.82, 2.24) is 20.1 Å². The molecule has 1 N–H and O–H groups in total. The Hall–Kier alpha value is -4.07. The summed E-state index contributed by atoms with van der Waals surface area (Å²) in [6.07, 6.45) is 5.07. The van der Waals surface area contributed by atoms with Crippen LogP contribution in [-0.2, 0) is 6.42 Å². The Balaban J connectivity index is 1.35. The van der Waals surface area contributed by atoms with Crippen molar-refractivity contribution in [2.24, 2.45) is 0 Å². The van der Waals surface area contributed by atoms with E-state index in [2.05, 4.69) is 15.2 Å². The normalized spacial score (nSPS) is 15.7. The first-order chi connectivity index (χ1) is 17.2. The maximum atomic E-state index is 13.5. The van der Waals surface area contributed by atoms with E-state index in [1.807, 2.05) is 53.4 Å². The highest BCUT2D eigenvalue weighted by molar-refractivity contribution is 5.93. The van der Waals surface area contributed by atoms with Gasteiger partial charge in [0.25, 0.3) is 5.91 Å². The minimum absolute atomic E-state index is 0.110. The van der Waals surface area contributed by atoms with E-state index in [1.54, 1.807) is 26.5 Å². The van der Waals surface area contributed by atoms with Crippen LogP contribution in [0.4, 0.5) is 0 Å². The molecule has 0 saturated carbocycles. The molecule has 1 aliphatic heterocycles. The van der Waals surface area contributed by atoms with Gasteiger partial charge in [0.05, 0.1) is 26.1 Å². The number of benzene rings is 2. The van der Waals surface area contributed by atoms with Crippen LogP contribution in [0.1, 0.15) is 53.0 Å². The fraction of sp³-hybridized carbons (Fsp3) is 0.296. The molecular weight excluding hydrogens is 444 g/mol. The quantitative estimate of drug-likeness (QED) is 0.405. The average molecular weight is 473 g/mol. The summed E-state index contributed by atoms with van der Waals surface area (Å²) in [6.45, 7) is 0.640. The van der Waals surface area contributed by atoms with Gasteiger partial charge in [0.2, 0.25) is 5.89 Å². The summed E-state index contributed by atoms with van der Waals surface area (Å²) in [5.41, 5.74) is 3.03. The standard InChI is InChI=1S/C27H28N4O4/c1-33-20-10-7-9-18(14-20)22-16-23(30-29-22)27(32)31-13-6-5-11-24(31)26-28-17-21(35-26)15-19-8-3-4-12-25(19)34-2/h3-4,7-10,12,14,16-17,24H,5-6,11,13,15H2,1-2H3,(H,29,30)/t24-/m1/s1. The number of piperidine rings is 1. The third-order valence-corrected chi connectivity index (χ3v) is 6.35. The fourth-order valence-corrected chi connectivity index (χ4v) is 4.54. The minimum atomic E-state index is -0.216. The number of H-pyrrole nitrogens is 1. The molecule has 0 spiro atoms. The average Bonchev–Trinajstić information content (AvgIpc) is 3.59. The molecule has 0 bridgehead atoms. The topological polar surface area (TPSA) is 93.5 Å². The first-order valence-electron chi connectivity index (χ1n) is 11.7. The SMILES string of the molecule is COc1cccc(-c2cc(C(=O)N3CCCC[C@@H]3c3ncc(Cc4ccccc4OC)o3)[nH]n2)c1. The minimum Gasteiger partial charge on any atom is -0.497 e. The van der Waals surface area contributed by atoms with E-state index in [0.29, 0.717) is 30.2 Å². The number of para-hydroxylation sites is 1. The maximum absolute atomic E-state index is 13.5. The van der Waals surface area contributed by atoms with Crippen LogP contribution < -0.4 is 9.47 Å². The molecule has 8 nitrogen and oxygen atoms in total. The molecule has 1 amide bonds. The van der Waals surface area contributed by atoms with Crippen LogP contribution in [0.25, 0.3) is 11.3 Å². The second-order valence-corrected chi connectivity index (χ2v) is 8.56. The summed E-state index contributed by atoms with van der Waals surface area (Å²) in [5.74, 6) is 2.74. The molecule has 180 valence electrons. The smallest absolute Gasteiger partial charge is 0.272 e. The van der Waals surface area contributed by atoms with E-state index in [1.165, 1.54) is 0 Å². The van der Waals surface area contributed by atoms with Crippen LogP contribution in [0.5, 0.6) is 11.5 Å². The molecule has 35 heavy (non-hydrogen) atoms. The Morgan fingerprint density at radius 3 is 2.86 bits per heavy atom. The third kappa shape index (κ3) is 4.77. The van der Waals surface area contributed by atoms with Crippen LogP contribution in [0.3, 0.4) is 0 Å². The van der Waals surface area contributed by atoms with Crippen molar-refractivity contribution in [2.45, 2.75) is 31.7 Å². The van der Waals surface area contributed by atoms with Crippen molar-refractivity contribution in [1.29, 1.82) is 0 Å². The zero-order valence-electron chi connectivity index (χ0n) is 19.9. The number of hydrogen-bond acceptors (Lipinski definition) is 6. The highest BCUT2D eigenvalue weighted by Gasteiger charge is 2.33. The van der Waals surface area contributed by atoms with Gasteiger partial charge >= 0.3 is 0 Å².